The van der Waals surface area contributed by atoms with Crippen molar-refractivity contribution in [2.24, 2.45) is 0 Å². The molecule has 154 valence electrons. The molecule has 4 rings (SSSR count). The Kier molecular flexibility index (Phi) is 5.26. The number of hydrogen-bond donors (Lipinski definition) is 0. The zero-order valence-corrected chi connectivity index (χ0v) is 17.3. The Morgan fingerprint density at radius 3 is 2.70 bits per heavy atom. The minimum absolute atomic E-state index is 0.343. The van der Waals surface area contributed by atoms with Gasteiger partial charge in [0.15, 0.2) is 11.6 Å². The molecule has 0 fully saturated rings. The maximum atomic E-state index is 14.8. The van der Waals surface area contributed by atoms with E-state index in [1.165, 1.54) is 12.4 Å². The molecule has 0 atom stereocenters. The topological polar surface area (TPSA) is 81.9 Å². The number of nitrogens with zero attached hydrogens (tertiary/aromatic N) is 7. The fourth-order valence-electron chi connectivity index (χ4n) is 3.45. The van der Waals surface area contributed by atoms with Crippen molar-refractivity contribution in [3.63, 3.8) is 0 Å². The molecule has 3 heterocycles. The first kappa shape index (κ1) is 19.7. The molecule has 0 saturated heterocycles. The third-order valence-corrected chi connectivity index (χ3v) is 4.85. The molecule has 0 aliphatic rings. The van der Waals surface area contributed by atoms with E-state index in [1.54, 1.807) is 23.0 Å². The maximum absolute atomic E-state index is 14.8. The van der Waals surface area contributed by atoms with Crippen LogP contribution in [0.15, 0.2) is 36.8 Å². The Morgan fingerprint density at radius 2 is 2.00 bits per heavy atom. The highest BCUT2D eigenvalue weighted by atomic mass is 19.1. The standard InChI is InChI=1S/C21H22FN7O/c1-5-30-16-6-7-18(17(22)10-16)29-14(3)19-13(2)25-26-21(20(19)27-29)28(4)11-15-8-9-23-12-24-15/h6-10,12H,5,11H2,1-4H3. The largest absolute Gasteiger partial charge is 0.494 e. The Hall–Kier alpha value is -3.62. The minimum Gasteiger partial charge on any atom is -0.494 e. The van der Waals surface area contributed by atoms with Crippen LogP contribution in [0.25, 0.3) is 16.6 Å². The molecule has 0 unspecified atom stereocenters. The van der Waals surface area contributed by atoms with Crippen molar-refractivity contribution in [1.29, 1.82) is 0 Å². The molecular weight excluding hydrogens is 385 g/mol. The molecule has 0 saturated carbocycles. The number of anilines is 1. The van der Waals surface area contributed by atoms with Crippen LogP contribution in [0.2, 0.25) is 0 Å². The van der Waals surface area contributed by atoms with Gasteiger partial charge in [0.2, 0.25) is 0 Å². The van der Waals surface area contributed by atoms with Crippen LogP contribution < -0.4 is 9.64 Å². The summed E-state index contributed by atoms with van der Waals surface area (Å²) >= 11 is 0. The van der Waals surface area contributed by atoms with Gasteiger partial charge in [-0.3, -0.25) is 0 Å². The Balaban J connectivity index is 1.80. The molecule has 3 aromatic heterocycles. The molecule has 8 nitrogen and oxygen atoms in total. The van der Waals surface area contributed by atoms with Crippen molar-refractivity contribution in [3.8, 4) is 11.4 Å². The van der Waals surface area contributed by atoms with Gasteiger partial charge in [-0.05, 0) is 39.0 Å². The van der Waals surface area contributed by atoms with Crippen LogP contribution in [0.1, 0.15) is 24.0 Å². The molecule has 0 aliphatic heterocycles. The SMILES string of the molecule is CCOc1ccc(-n2nc3c(N(C)Cc4ccncn4)nnc(C)c3c2C)c(F)c1. The van der Waals surface area contributed by atoms with Gasteiger partial charge in [0, 0.05) is 19.3 Å². The summed E-state index contributed by atoms with van der Waals surface area (Å²) in [5.41, 5.74) is 3.37. The number of ether oxygens (including phenoxy) is 1. The lowest BCUT2D eigenvalue weighted by Crippen LogP contribution is -2.19. The van der Waals surface area contributed by atoms with Crippen molar-refractivity contribution in [1.82, 2.24) is 29.9 Å². The average Bonchev–Trinajstić information content (AvgIpc) is 3.07. The molecule has 4 aromatic rings. The Labute approximate surface area is 173 Å². The van der Waals surface area contributed by atoms with Crippen LogP contribution in [0.3, 0.4) is 0 Å². The van der Waals surface area contributed by atoms with Gasteiger partial charge in [0.25, 0.3) is 0 Å². The van der Waals surface area contributed by atoms with Crippen molar-refractivity contribution >= 4 is 16.7 Å². The summed E-state index contributed by atoms with van der Waals surface area (Å²) in [6, 6.07) is 6.61. The predicted molar refractivity (Wildman–Crippen MR) is 111 cm³/mol. The van der Waals surface area contributed by atoms with Crippen LogP contribution >= 0.6 is 0 Å². The molecule has 0 spiro atoms. The molecule has 0 bridgehead atoms. The molecule has 0 N–H and O–H groups in total. The molecular formula is C21H22FN7O. The Bertz CT molecular complexity index is 1190. The number of halogens is 1. The normalized spacial score (nSPS) is 11.1. The number of fused-ring (bicyclic) bond motifs is 1. The zero-order valence-electron chi connectivity index (χ0n) is 17.3. The minimum atomic E-state index is -0.411. The van der Waals surface area contributed by atoms with E-state index in [0.29, 0.717) is 35.9 Å². The summed E-state index contributed by atoms with van der Waals surface area (Å²) in [5, 5.41) is 14.2. The zero-order chi connectivity index (χ0) is 21.3. The second-order valence-corrected chi connectivity index (χ2v) is 6.93. The van der Waals surface area contributed by atoms with Gasteiger partial charge < -0.3 is 9.64 Å². The van der Waals surface area contributed by atoms with Crippen LogP contribution in [0, 0.1) is 19.7 Å². The van der Waals surface area contributed by atoms with Crippen LogP contribution in [-0.2, 0) is 6.54 Å². The van der Waals surface area contributed by atoms with E-state index in [4.69, 9.17) is 9.84 Å². The second-order valence-electron chi connectivity index (χ2n) is 6.93. The summed E-state index contributed by atoms with van der Waals surface area (Å²) in [4.78, 5) is 10.1. The molecule has 0 aliphatic carbocycles. The van der Waals surface area contributed by atoms with Gasteiger partial charge in [-0.15, -0.1) is 5.10 Å². The number of aromatic nitrogens is 6. The van der Waals surface area contributed by atoms with E-state index >= 15 is 0 Å². The first-order chi connectivity index (χ1) is 14.5. The number of rotatable bonds is 6. The lowest BCUT2D eigenvalue weighted by molar-refractivity contribution is 0.338. The van der Waals surface area contributed by atoms with Crippen LogP contribution in [0.4, 0.5) is 10.2 Å². The highest BCUT2D eigenvalue weighted by Gasteiger charge is 2.21. The van der Waals surface area contributed by atoms with Gasteiger partial charge in [-0.1, -0.05) is 0 Å². The number of aryl methyl sites for hydroxylation is 2. The third-order valence-electron chi connectivity index (χ3n) is 4.85. The average molecular weight is 407 g/mol. The second kappa shape index (κ2) is 8.02. The molecule has 1 aromatic carbocycles. The fraction of sp³-hybridized carbons (Fsp3) is 0.286. The Morgan fingerprint density at radius 1 is 1.17 bits per heavy atom. The van der Waals surface area contributed by atoms with Crippen molar-refractivity contribution in [3.05, 3.63) is 59.7 Å². The van der Waals surface area contributed by atoms with Crippen molar-refractivity contribution in [2.75, 3.05) is 18.6 Å². The van der Waals surface area contributed by atoms with Gasteiger partial charge >= 0.3 is 0 Å². The molecule has 0 amide bonds. The lowest BCUT2D eigenvalue weighted by atomic mass is 10.2. The van der Waals surface area contributed by atoms with Gasteiger partial charge in [-0.25, -0.2) is 19.0 Å². The summed E-state index contributed by atoms with van der Waals surface area (Å²) in [6.07, 6.45) is 3.20. The highest BCUT2D eigenvalue weighted by Crippen LogP contribution is 2.30. The first-order valence-corrected chi connectivity index (χ1v) is 9.61. The van der Waals surface area contributed by atoms with Crippen LogP contribution in [-0.4, -0.2) is 43.6 Å². The predicted octanol–water partition coefficient (Wildman–Crippen LogP) is 3.40. The van der Waals surface area contributed by atoms with Crippen LogP contribution in [0.5, 0.6) is 5.75 Å². The van der Waals surface area contributed by atoms with E-state index in [9.17, 15) is 4.39 Å². The van der Waals surface area contributed by atoms with Gasteiger partial charge in [0.05, 0.1) is 35.6 Å². The van der Waals surface area contributed by atoms with Gasteiger partial charge in [0.1, 0.15) is 23.3 Å². The summed E-state index contributed by atoms with van der Waals surface area (Å²) < 4.78 is 21.8. The maximum Gasteiger partial charge on any atom is 0.179 e. The molecule has 0 radical (unpaired) electrons. The number of hydrogen-bond acceptors (Lipinski definition) is 7. The summed E-state index contributed by atoms with van der Waals surface area (Å²) in [5.74, 6) is 0.673. The van der Waals surface area contributed by atoms with E-state index in [0.717, 1.165) is 22.5 Å². The van der Waals surface area contributed by atoms with Crippen molar-refractivity contribution < 1.29 is 9.13 Å². The van der Waals surface area contributed by atoms with Gasteiger partial charge in [-0.2, -0.15) is 10.2 Å². The lowest BCUT2D eigenvalue weighted by Gasteiger charge is -2.17. The third kappa shape index (κ3) is 3.54. The monoisotopic (exact) mass is 407 g/mol. The smallest absolute Gasteiger partial charge is 0.179 e. The summed E-state index contributed by atoms with van der Waals surface area (Å²) in [6.45, 7) is 6.62. The highest BCUT2D eigenvalue weighted by molar-refractivity contribution is 5.92. The quantitative estimate of drug-likeness (QED) is 0.484. The summed E-state index contributed by atoms with van der Waals surface area (Å²) in [7, 11) is 1.90. The first-order valence-electron chi connectivity index (χ1n) is 9.61. The molecule has 9 heteroatoms. The van der Waals surface area contributed by atoms with E-state index in [-0.39, 0.29) is 0 Å². The van der Waals surface area contributed by atoms with E-state index in [1.807, 2.05) is 38.8 Å². The van der Waals surface area contributed by atoms with E-state index in [2.05, 4.69) is 20.2 Å². The van der Waals surface area contributed by atoms with E-state index < -0.39 is 5.82 Å². The van der Waals surface area contributed by atoms with Crippen molar-refractivity contribution in [2.45, 2.75) is 27.3 Å². The fourth-order valence-corrected chi connectivity index (χ4v) is 3.45. The number of benzene rings is 1. The molecule has 30 heavy (non-hydrogen) atoms.